The van der Waals surface area contributed by atoms with Gasteiger partial charge >= 0.3 is 0 Å². The maximum absolute atomic E-state index is 12.1. The van der Waals surface area contributed by atoms with Gasteiger partial charge in [0, 0.05) is 23.5 Å². The van der Waals surface area contributed by atoms with Gasteiger partial charge in [0.05, 0.1) is 5.39 Å². The van der Waals surface area contributed by atoms with E-state index in [0.29, 0.717) is 16.9 Å². The topological polar surface area (TPSA) is 75.2 Å². The fourth-order valence-corrected chi connectivity index (χ4v) is 5.45. The van der Waals surface area contributed by atoms with Gasteiger partial charge in [-0.15, -0.1) is 11.3 Å². The Morgan fingerprint density at radius 1 is 1.23 bits per heavy atom. The predicted molar refractivity (Wildman–Crippen MR) is 104 cm³/mol. The van der Waals surface area contributed by atoms with E-state index in [9.17, 15) is 9.59 Å². The Morgan fingerprint density at radius 3 is 2.73 bits per heavy atom. The van der Waals surface area contributed by atoms with Crippen LogP contribution in [0.2, 0.25) is 0 Å². The van der Waals surface area contributed by atoms with Gasteiger partial charge in [-0.25, -0.2) is 9.97 Å². The van der Waals surface area contributed by atoms with E-state index >= 15 is 0 Å². The fraction of sp³-hybridized carbons (Fsp3) is 0.556. The average Bonchev–Trinajstić information content (AvgIpc) is 3.14. The van der Waals surface area contributed by atoms with E-state index in [-0.39, 0.29) is 24.7 Å². The van der Waals surface area contributed by atoms with Crippen LogP contribution in [0.5, 0.6) is 0 Å². The highest BCUT2D eigenvalue weighted by Crippen LogP contribution is 2.41. The summed E-state index contributed by atoms with van der Waals surface area (Å²) >= 11 is 3.34. The van der Waals surface area contributed by atoms with E-state index in [1.54, 1.807) is 23.1 Å². The first-order chi connectivity index (χ1) is 12.6. The van der Waals surface area contributed by atoms with Gasteiger partial charge in [0.25, 0.3) is 0 Å². The Kier molecular flexibility index (Phi) is 4.88. The number of anilines is 1. The molecule has 0 bridgehead atoms. The van der Waals surface area contributed by atoms with E-state index in [4.69, 9.17) is 4.98 Å². The Hall–Kier alpha value is -1.67. The third-order valence-corrected chi connectivity index (χ3v) is 7.07. The first-order valence-electron chi connectivity index (χ1n) is 9.14. The predicted octanol–water partition coefficient (Wildman–Crippen LogP) is 3.79. The fourth-order valence-electron chi connectivity index (χ4n) is 3.48. The van der Waals surface area contributed by atoms with Crippen molar-refractivity contribution in [3.63, 3.8) is 0 Å². The Morgan fingerprint density at radius 2 is 2.00 bits per heavy atom. The van der Waals surface area contributed by atoms with Crippen LogP contribution in [0.3, 0.4) is 0 Å². The minimum Gasteiger partial charge on any atom is -0.273 e. The van der Waals surface area contributed by atoms with Crippen LogP contribution in [-0.2, 0) is 22.4 Å². The molecule has 0 saturated carbocycles. The molecular weight excluding hydrogens is 368 g/mol. The Balaban J connectivity index is 1.80. The summed E-state index contributed by atoms with van der Waals surface area (Å²) in [5.74, 6) is 1.78. The summed E-state index contributed by atoms with van der Waals surface area (Å²) in [6.07, 6.45) is 4.81. The molecule has 2 amide bonds. The van der Waals surface area contributed by atoms with Gasteiger partial charge in [0.2, 0.25) is 11.8 Å². The molecule has 3 heterocycles. The number of carbonyl (C=O) groups excluding carboxylic acids is 2. The lowest BCUT2D eigenvalue weighted by molar-refractivity contribution is -0.136. The zero-order chi connectivity index (χ0) is 18.3. The molecule has 2 aromatic rings. The van der Waals surface area contributed by atoms with Gasteiger partial charge in [-0.2, -0.15) is 5.01 Å². The number of hydrogen-bond donors (Lipinski definition) is 1. The molecule has 0 spiro atoms. The molecule has 4 rings (SSSR count). The summed E-state index contributed by atoms with van der Waals surface area (Å²) in [4.78, 5) is 35.9. The van der Waals surface area contributed by atoms with Crippen LogP contribution in [-0.4, -0.2) is 32.5 Å². The molecule has 2 aliphatic rings. The number of amides is 2. The smallest absolute Gasteiger partial charge is 0.248 e. The van der Waals surface area contributed by atoms with Crippen LogP contribution in [0.4, 0.5) is 5.82 Å². The second kappa shape index (κ2) is 7.15. The van der Waals surface area contributed by atoms with Gasteiger partial charge in [-0.05, 0) is 37.2 Å². The number of fused-ring (bicyclic) bond motifs is 3. The van der Waals surface area contributed by atoms with Gasteiger partial charge in [-0.1, -0.05) is 25.6 Å². The van der Waals surface area contributed by atoms with Crippen molar-refractivity contribution in [2.75, 3.05) is 11.2 Å². The van der Waals surface area contributed by atoms with Crippen molar-refractivity contribution in [3.8, 4) is 0 Å². The molecule has 0 radical (unpaired) electrons. The zero-order valence-electron chi connectivity index (χ0n) is 15.0. The molecule has 2 aromatic heterocycles. The van der Waals surface area contributed by atoms with Gasteiger partial charge < -0.3 is 0 Å². The molecule has 0 aromatic carbocycles. The minimum atomic E-state index is -0.193. The first-order valence-corrected chi connectivity index (χ1v) is 10.9. The Bertz CT molecular complexity index is 864. The third kappa shape index (κ3) is 3.20. The highest BCUT2D eigenvalue weighted by molar-refractivity contribution is 7.99. The van der Waals surface area contributed by atoms with Crippen LogP contribution in [0.15, 0.2) is 5.16 Å². The van der Waals surface area contributed by atoms with E-state index in [1.807, 2.05) is 0 Å². The molecule has 1 unspecified atom stereocenters. The quantitative estimate of drug-likeness (QED) is 0.476. The van der Waals surface area contributed by atoms with E-state index < -0.39 is 0 Å². The summed E-state index contributed by atoms with van der Waals surface area (Å²) in [5.41, 5.74) is 4.32. The van der Waals surface area contributed by atoms with Crippen LogP contribution < -0.4 is 5.43 Å². The number of rotatable bonds is 5. The second-order valence-electron chi connectivity index (χ2n) is 6.97. The maximum atomic E-state index is 12.1. The maximum Gasteiger partial charge on any atom is 0.248 e. The molecule has 1 aliphatic carbocycles. The number of aromatic nitrogens is 2. The molecule has 8 heteroatoms. The lowest BCUT2D eigenvalue weighted by atomic mass is 9.89. The standard InChI is InChI=1S/C18H22N4O2S2/c1-3-8-25-18-19-16(21-22-13(23)6-7-14(22)24)15-11-9-10(2)4-5-12(11)26-17(15)20-18/h10H,3-9H2,1-2H3,(H,19,20,21). The van der Waals surface area contributed by atoms with Crippen LogP contribution >= 0.6 is 23.1 Å². The van der Waals surface area contributed by atoms with E-state index in [1.165, 1.54) is 16.9 Å². The van der Waals surface area contributed by atoms with Crippen molar-refractivity contribution < 1.29 is 9.59 Å². The molecular formula is C18H22N4O2S2. The normalized spacial score (nSPS) is 20.1. The molecule has 26 heavy (non-hydrogen) atoms. The summed E-state index contributed by atoms with van der Waals surface area (Å²) in [6.45, 7) is 4.39. The van der Waals surface area contributed by atoms with Crippen LogP contribution in [0.25, 0.3) is 10.2 Å². The van der Waals surface area contributed by atoms with E-state index in [2.05, 4.69) is 24.3 Å². The number of nitrogens with zero attached hydrogens (tertiary/aromatic N) is 3. The number of nitrogens with one attached hydrogen (secondary N) is 1. The number of imide groups is 1. The number of thioether (sulfide) groups is 1. The largest absolute Gasteiger partial charge is 0.273 e. The Labute approximate surface area is 160 Å². The number of hydrogen-bond acceptors (Lipinski definition) is 7. The number of carbonyl (C=O) groups is 2. The lowest BCUT2D eigenvalue weighted by Gasteiger charge is -2.20. The van der Waals surface area contributed by atoms with Gasteiger partial charge in [0.1, 0.15) is 4.83 Å². The zero-order valence-corrected chi connectivity index (χ0v) is 16.6. The van der Waals surface area contributed by atoms with Crippen molar-refractivity contribution in [2.24, 2.45) is 5.92 Å². The minimum absolute atomic E-state index is 0.193. The highest BCUT2D eigenvalue weighted by Gasteiger charge is 2.31. The number of thiophene rings is 1. The monoisotopic (exact) mass is 390 g/mol. The van der Waals surface area contributed by atoms with Crippen LogP contribution in [0.1, 0.15) is 50.0 Å². The molecule has 1 N–H and O–H groups in total. The van der Waals surface area contributed by atoms with Gasteiger partial charge in [0.15, 0.2) is 11.0 Å². The van der Waals surface area contributed by atoms with Crippen molar-refractivity contribution >= 4 is 50.9 Å². The summed E-state index contributed by atoms with van der Waals surface area (Å²) in [7, 11) is 0. The molecule has 1 aliphatic heterocycles. The molecule has 1 saturated heterocycles. The SMILES string of the molecule is CCCSc1nc(NN2C(=O)CCC2=O)c2c3c(sc2n1)CCC(C)C3. The van der Waals surface area contributed by atoms with Crippen molar-refractivity contribution in [2.45, 2.75) is 57.5 Å². The summed E-state index contributed by atoms with van der Waals surface area (Å²) < 4.78 is 0. The molecule has 1 atom stereocenters. The second-order valence-corrected chi connectivity index (χ2v) is 9.12. The van der Waals surface area contributed by atoms with Crippen molar-refractivity contribution in [3.05, 3.63) is 10.4 Å². The van der Waals surface area contributed by atoms with Crippen molar-refractivity contribution in [1.29, 1.82) is 0 Å². The average molecular weight is 391 g/mol. The summed E-state index contributed by atoms with van der Waals surface area (Å²) in [5, 5.41) is 2.82. The first kappa shape index (κ1) is 17.7. The third-order valence-electron chi connectivity index (χ3n) is 4.83. The van der Waals surface area contributed by atoms with E-state index in [0.717, 1.165) is 40.2 Å². The molecule has 1 fully saturated rings. The molecule has 6 nitrogen and oxygen atoms in total. The highest BCUT2D eigenvalue weighted by atomic mass is 32.2. The summed E-state index contributed by atoms with van der Waals surface area (Å²) in [6, 6.07) is 0. The van der Waals surface area contributed by atoms with Gasteiger partial charge in [-0.3, -0.25) is 15.0 Å². The number of hydrazine groups is 1. The van der Waals surface area contributed by atoms with Crippen molar-refractivity contribution in [1.82, 2.24) is 15.0 Å². The number of aryl methyl sites for hydroxylation is 1. The lowest BCUT2D eigenvalue weighted by Crippen LogP contribution is -2.35. The molecule has 138 valence electrons. The van der Waals surface area contributed by atoms with Crippen LogP contribution in [0, 0.1) is 5.92 Å².